The van der Waals surface area contributed by atoms with Crippen molar-refractivity contribution in [3.05, 3.63) is 220 Å². The zero-order chi connectivity index (χ0) is 87.8. The lowest BCUT2D eigenvalue weighted by atomic mass is 9.80. The van der Waals surface area contributed by atoms with Gasteiger partial charge >= 0.3 is 6.11 Å². The van der Waals surface area contributed by atoms with Crippen LogP contribution in [0, 0.1) is 6.92 Å². The number of likely N-dealkylation sites (tertiary alicyclic amines) is 4. The number of aromatic nitrogens is 8. The molecule has 0 radical (unpaired) electrons. The molecule has 4 aliphatic carbocycles. The van der Waals surface area contributed by atoms with E-state index in [9.17, 15) is 52.8 Å². The lowest BCUT2D eigenvalue weighted by molar-refractivity contribution is -0.159. The van der Waals surface area contributed by atoms with Crippen molar-refractivity contribution in [2.24, 2.45) is 0 Å². The van der Waals surface area contributed by atoms with E-state index in [1.807, 2.05) is 118 Å². The summed E-state index contributed by atoms with van der Waals surface area (Å²) in [5.74, 6) is 5.38. The van der Waals surface area contributed by atoms with Crippen molar-refractivity contribution in [1.29, 1.82) is 0 Å². The summed E-state index contributed by atoms with van der Waals surface area (Å²) in [6.45, 7) is 12.0. The van der Waals surface area contributed by atoms with Crippen molar-refractivity contribution >= 4 is 23.6 Å². The summed E-state index contributed by atoms with van der Waals surface area (Å²) in [5.41, 5.74) is 16.5. The molecule has 12 aromatic rings. The topological polar surface area (TPSA) is 346 Å². The molecule has 5 unspecified atom stereocenters. The number of alkyl halides is 3. The van der Waals surface area contributed by atoms with Crippen LogP contribution in [0.5, 0.6) is 17.2 Å². The number of carbonyl (C=O) groups excluding carboxylic acids is 4. The minimum Gasteiger partial charge on any atom is -0.491 e. The summed E-state index contributed by atoms with van der Waals surface area (Å²) in [6, 6.07) is 52.8. The number of carbonyl (C=O) groups is 4. The van der Waals surface area contributed by atoms with Crippen molar-refractivity contribution in [3.63, 3.8) is 0 Å². The highest BCUT2D eigenvalue weighted by Gasteiger charge is 2.53. The summed E-state index contributed by atoms with van der Waals surface area (Å²) >= 11 is 0. The number of nitrogens with zero attached hydrogens (tertiary/aromatic N) is 12. The van der Waals surface area contributed by atoms with Crippen LogP contribution >= 0.6 is 0 Å². The Hall–Kier alpha value is -12.8. The van der Waals surface area contributed by atoms with Gasteiger partial charge in [0.05, 0.1) is 32.5 Å². The summed E-state index contributed by atoms with van der Waals surface area (Å²) in [5, 5.41) is 53.9. The summed E-state index contributed by atoms with van der Waals surface area (Å²) in [7, 11) is 0. The first-order valence-corrected chi connectivity index (χ1v) is 42.7. The van der Waals surface area contributed by atoms with Crippen LogP contribution < -0.4 is 14.2 Å². The zero-order valence-electron chi connectivity index (χ0n) is 70.6. The zero-order valence-corrected chi connectivity index (χ0v) is 70.6. The summed E-state index contributed by atoms with van der Waals surface area (Å²) in [4.78, 5) is 75.4. The highest BCUT2D eigenvalue weighted by Crippen LogP contribution is 2.53. The maximum absolute atomic E-state index is 13.0. The second kappa shape index (κ2) is 35.3. The maximum atomic E-state index is 13.0. The van der Waals surface area contributed by atoms with Gasteiger partial charge in [0.25, 0.3) is 23.6 Å². The monoisotopic (exact) mass is 1710 g/mol. The first-order chi connectivity index (χ1) is 60.8. The number of halogens is 3. The average molecular weight is 1720 g/mol. The van der Waals surface area contributed by atoms with E-state index in [0.29, 0.717) is 143 Å². The largest absolute Gasteiger partial charge is 0.491 e. The number of aliphatic hydroxyl groups excluding tert-OH is 4. The Morgan fingerprint density at radius 3 is 0.905 bits per heavy atom. The predicted molar refractivity (Wildman–Crippen MR) is 457 cm³/mol. The predicted octanol–water partition coefficient (Wildman–Crippen LogP) is 14.0. The van der Waals surface area contributed by atoms with Crippen molar-refractivity contribution in [2.45, 2.75) is 152 Å². The Labute approximate surface area is 724 Å². The molecule has 4 aromatic heterocycles. The van der Waals surface area contributed by atoms with Crippen LogP contribution in [-0.2, 0) is 66.5 Å². The van der Waals surface area contributed by atoms with Crippen LogP contribution in [-0.4, -0.2) is 202 Å². The van der Waals surface area contributed by atoms with Gasteiger partial charge in [0.1, 0.15) is 17.2 Å². The normalized spacial score (nSPS) is 20.3. The molecule has 30 heteroatoms. The lowest BCUT2D eigenvalue weighted by Crippen LogP contribution is -2.32. The van der Waals surface area contributed by atoms with Crippen LogP contribution in [0.3, 0.4) is 0 Å². The van der Waals surface area contributed by atoms with Crippen LogP contribution in [0.1, 0.15) is 129 Å². The van der Waals surface area contributed by atoms with Gasteiger partial charge in [0.2, 0.25) is 53.3 Å². The van der Waals surface area contributed by atoms with Gasteiger partial charge in [0, 0.05) is 158 Å². The number of rotatable bonds is 22. The molecule has 4 fully saturated rings. The third-order valence-corrected chi connectivity index (χ3v) is 25.5. The first-order valence-electron chi connectivity index (χ1n) is 42.7. The van der Waals surface area contributed by atoms with Crippen LogP contribution in [0.25, 0.3) is 91.4 Å². The molecule has 4 aliphatic heterocycles. The number of hydrogen-bond donors (Lipinski definition) is 4. The molecule has 0 saturated carbocycles. The van der Waals surface area contributed by atoms with Crippen molar-refractivity contribution < 1.29 is 85.1 Å². The highest BCUT2D eigenvalue weighted by atomic mass is 19.3. The summed E-state index contributed by atoms with van der Waals surface area (Å²) < 4.78 is 76.4. The minimum absolute atomic E-state index is 0.000631. The Bertz CT molecular complexity index is 5810. The molecule has 652 valence electrons. The average Bonchev–Trinajstić information content (AvgIpc) is 1.60. The highest BCUT2D eigenvalue weighted by molar-refractivity contribution is 5.85. The number of aryl methyl sites for hydroxylation is 1. The molecule has 126 heavy (non-hydrogen) atoms. The molecule has 27 nitrogen and oxygen atoms in total. The number of hydrogen-bond acceptors (Lipinski definition) is 23. The van der Waals surface area contributed by atoms with Gasteiger partial charge in [-0.05, 0) is 202 Å². The van der Waals surface area contributed by atoms with Gasteiger partial charge in [-0.1, -0.05) is 111 Å². The Balaban J connectivity index is 0.000000119. The van der Waals surface area contributed by atoms with E-state index in [0.717, 1.165) is 113 Å². The number of fused-ring (bicyclic) bond motifs is 8. The number of β-amino-alcohol motifs (C(OH)–C–C–N with tert-alkyl or cyclic N) is 4. The SMILES string of the molecule is CC(C)Oc1ccc(-c2nc(-c3cccc4c3CCC43CC(=O)N(CCO)C3)no2)cc1.CC(F)(F)Oc1ccc(-c2nc(-c3cccc4c3CCC43CC(=O)N(CCO)C3)no2)cc1.CC(F)Oc1ccc(-c2nc(-c3cccc4c3CCC43CC(=O)N(CCO)C3)no2)cc1.Cc1ccc(-c2nc(-c3cccc4c3CCC43CC(=O)N(CCO)C3)no2)cc1. The third kappa shape index (κ3) is 17.2. The fourth-order valence-electron chi connectivity index (χ4n) is 19.8. The molecule has 4 amide bonds. The molecule has 8 aliphatic rings. The molecule has 8 aromatic carbocycles. The van der Waals surface area contributed by atoms with Gasteiger partial charge in [-0.3, -0.25) is 19.2 Å². The standard InChI is InChI=1S/C25H27N3O4.C24H23F2N3O4.C24H24FN3O4.C23H23N3O3/c1-16(2)31-18-8-6-17(7-9-18)24-26-23(27-32-24)20-4-3-5-21-19(20)10-11-25(21)14-22(30)28(15-25)12-13-29;1-23(25,26)32-16-7-5-15(6-8-16)22-27-21(28-33-22)18-3-2-4-19-17(18)9-10-24(19)13-20(31)29(14-24)11-12-30;1-15(25)31-17-7-5-16(6-8-17)23-26-22(27-32-23)19-3-2-4-20-18(19)9-10-24(20)13-21(30)28(14-24)11-12-29;1-15-5-7-16(8-6-15)22-24-21(25-29-22)18-3-2-4-19-17(18)9-10-23(19)13-20(28)26(14-23)11-12-27/h3-9,16,29H,10-15H2,1-2H3;2-8,30H,9-14H2,1H3;2-8,15,29H,9-14H2,1H3;2-8,27H,9-14H2,1H3. The molecule has 4 saturated heterocycles. The lowest BCUT2D eigenvalue weighted by Gasteiger charge is -2.24. The van der Waals surface area contributed by atoms with Gasteiger partial charge in [0.15, 0.2) is 0 Å². The van der Waals surface area contributed by atoms with Crippen LogP contribution in [0.4, 0.5) is 13.2 Å². The van der Waals surface area contributed by atoms with Gasteiger partial charge < -0.3 is 72.3 Å². The number of amides is 4. The first kappa shape index (κ1) is 85.4. The van der Waals surface area contributed by atoms with Crippen LogP contribution in [0.15, 0.2) is 188 Å². The van der Waals surface area contributed by atoms with Gasteiger partial charge in [-0.15, -0.1) is 0 Å². The quantitative estimate of drug-likeness (QED) is 0.0489. The molecule has 4 spiro atoms. The van der Waals surface area contributed by atoms with E-state index in [1.165, 1.54) is 46.9 Å². The van der Waals surface area contributed by atoms with Gasteiger partial charge in [-0.25, -0.2) is 4.39 Å². The molecule has 4 N–H and O–H groups in total. The Morgan fingerprint density at radius 1 is 0.389 bits per heavy atom. The Morgan fingerprint density at radius 2 is 0.651 bits per heavy atom. The second-order valence-corrected chi connectivity index (χ2v) is 34.2. The molecule has 20 rings (SSSR count). The van der Waals surface area contributed by atoms with Crippen molar-refractivity contribution in [2.75, 3.05) is 78.8 Å². The maximum Gasteiger partial charge on any atom is 0.394 e. The number of ether oxygens (including phenoxy) is 3. The van der Waals surface area contributed by atoms with Crippen LogP contribution in [0.2, 0.25) is 0 Å². The summed E-state index contributed by atoms with van der Waals surface area (Å²) in [6.07, 6.45) is 4.33. The fourth-order valence-corrected chi connectivity index (χ4v) is 19.8. The fraction of sp³-hybridized carbons (Fsp3) is 0.375. The smallest absolute Gasteiger partial charge is 0.394 e. The van der Waals surface area contributed by atoms with E-state index in [2.05, 4.69) is 69.6 Å². The molecule has 0 bridgehead atoms. The van der Waals surface area contributed by atoms with E-state index >= 15 is 0 Å². The van der Waals surface area contributed by atoms with E-state index in [4.69, 9.17) is 27.6 Å². The van der Waals surface area contributed by atoms with Gasteiger partial charge in [-0.2, -0.15) is 28.7 Å². The molecular weight excluding hydrogens is 1620 g/mol. The number of aliphatic hydroxyl groups is 4. The van der Waals surface area contributed by atoms with E-state index in [1.54, 1.807) is 56.0 Å². The molecule has 5 atom stereocenters. The molecular formula is C96H97F3N12O15. The molecule has 8 heterocycles. The van der Waals surface area contributed by atoms with E-state index < -0.39 is 12.5 Å². The van der Waals surface area contributed by atoms with E-state index in [-0.39, 0.29) is 89.5 Å². The Kier molecular flexibility index (Phi) is 23.9. The minimum atomic E-state index is -3.26. The number of benzene rings is 8. The van der Waals surface area contributed by atoms with Crippen molar-refractivity contribution in [1.82, 2.24) is 60.2 Å². The second-order valence-electron chi connectivity index (χ2n) is 34.2. The van der Waals surface area contributed by atoms with Crippen molar-refractivity contribution in [3.8, 4) is 109 Å². The third-order valence-electron chi connectivity index (χ3n) is 25.5.